The van der Waals surface area contributed by atoms with Gasteiger partial charge in [-0.1, -0.05) is 64.5 Å². The summed E-state index contributed by atoms with van der Waals surface area (Å²) < 4.78 is 5.83. The molecule has 146 valence electrons. The third-order valence-electron chi connectivity index (χ3n) is 4.76. The first-order valence-electron chi connectivity index (χ1n) is 10.7. The lowest BCUT2D eigenvalue weighted by atomic mass is 10.1. The van der Waals surface area contributed by atoms with Gasteiger partial charge < -0.3 is 4.74 Å². The zero-order chi connectivity index (χ0) is 19.2. The summed E-state index contributed by atoms with van der Waals surface area (Å²) in [6, 6.07) is 16.8. The molecule has 0 N–H and O–H groups in total. The predicted molar refractivity (Wildman–Crippen MR) is 118 cm³/mol. The van der Waals surface area contributed by atoms with Gasteiger partial charge in [-0.25, -0.2) is 0 Å². The van der Waals surface area contributed by atoms with E-state index in [1.165, 1.54) is 50.5 Å². The van der Waals surface area contributed by atoms with Crippen molar-refractivity contribution in [3.8, 4) is 5.75 Å². The van der Waals surface area contributed by atoms with Gasteiger partial charge in [0.25, 0.3) is 0 Å². The molecule has 0 amide bonds. The minimum Gasteiger partial charge on any atom is -0.494 e. The Labute approximate surface area is 165 Å². The molecular weight excluding hydrogens is 330 g/mol. The average molecular weight is 366 g/mol. The van der Waals surface area contributed by atoms with Crippen molar-refractivity contribution in [2.24, 2.45) is 4.99 Å². The third kappa shape index (κ3) is 8.90. The first kappa shape index (κ1) is 21.2. The summed E-state index contributed by atoms with van der Waals surface area (Å²) in [7, 11) is 0. The summed E-state index contributed by atoms with van der Waals surface area (Å²) in [6.07, 6.45) is 13.3. The molecule has 0 fully saturated rings. The van der Waals surface area contributed by atoms with Crippen molar-refractivity contribution < 1.29 is 4.74 Å². The van der Waals surface area contributed by atoms with Gasteiger partial charge in [-0.05, 0) is 66.8 Å². The van der Waals surface area contributed by atoms with Gasteiger partial charge in [0.15, 0.2) is 0 Å². The van der Waals surface area contributed by atoms with Crippen LogP contribution in [0.3, 0.4) is 0 Å². The molecule has 2 aromatic rings. The van der Waals surface area contributed by atoms with Crippen molar-refractivity contribution >= 4 is 11.9 Å². The number of aryl methyl sites for hydroxylation is 1. The lowest BCUT2D eigenvalue weighted by Gasteiger charge is -2.06. The highest BCUT2D eigenvalue weighted by Crippen LogP contribution is 2.16. The van der Waals surface area contributed by atoms with Gasteiger partial charge in [-0.3, -0.25) is 4.99 Å². The maximum absolute atomic E-state index is 5.83. The number of hydrogen-bond donors (Lipinski definition) is 0. The largest absolute Gasteiger partial charge is 0.494 e. The zero-order valence-electron chi connectivity index (χ0n) is 17.1. The topological polar surface area (TPSA) is 21.6 Å². The van der Waals surface area contributed by atoms with E-state index in [1.807, 2.05) is 18.3 Å². The van der Waals surface area contributed by atoms with Crippen molar-refractivity contribution in [2.75, 3.05) is 6.61 Å². The molecule has 0 aliphatic rings. The van der Waals surface area contributed by atoms with E-state index in [9.17, 15) is 0 Å². The first-order chi connectivity index (χ1) is 13.3. The van der Waals surface area contributed by atoms with E-state index in [-0.39, 0.29) is 0 Å². The second-order valence-corrected chi connectivity index (χ2v) is 7.21. The molecule has 0 heterocycles. The molecule has 0 spiro atoms. The van der Waals surface area contributed by atoms with Crippen molar-refractivity contribution in [3.05, 3.63) is 59.7 Å². The quantitative estimate of drug-likeness (QED) is 0.266. The summed E-state index contributed by atoms with van der Waals surface area (Å²) in [5.41, 5.74) is 3.48. The third-order valence-corrected chi connectivity index (χ3v) is 4.76. The maximum atomic E-state index is 5.83. The fourth-order valence-corrected chi connectivity index (χ4v) is 3.00. The number of aliphatic imine (C=N–C) groups is 1. The Balaban J connectivity index is 1.72. The molecule has 2 nitrogen and oxygen atoms in total. The van der Waals surface area contributed by atoms with Crippen LogP contribution in [0.1, 0.15) is 76.3 Å². The van der Waals surface area contributed by atoms with Gasteiger partial charge in [-0.2, -0.15) is 0 Å². The standard InChI is InChI=1S/C25H35NO/c1-3-5-7-8-9-10-20-27-25-18-14-23(15-19-25)21-26-24-16-12-22(13-17-24)11-6-4-2/h12-19,21H,3-11,20H2,1-2H3/b26-21-. The highest BCUT2D eigenvalue weighted by atomic mass is 16.5. The molecule has 2 rings (SSSR count). The molecule has 0 radical (unpaired) electrons. The first-order valence-corrected chi connectivity index (χ1v) is 10.7. The SMILES string of the molecule is CCCCCCCCOc1ccc(/C=N\c2ccc(CCCC)cc2)cc1. The van der Waals surface area contributed by atoms with E-state index in [4.69, 9.17) is 4.74 Å². The van der Waals surface area contributed by atoms with Crippen LogP contribution in [0.4, 0.5) is 5.69 Å². The molecule has 0 aliphatic carbocycles. The van der Waals surface area contributed by atoms with Crippen LogP contribution in [0.15, 0.2) is 53.5 Å². The Hall–Kier alpha value is -2.09. The van der Waals surface area contributed by atoms with Crippen LogP contribution in [0.5, 0.6) is 5.75 Å². The molecule has 0 aromatic heterocycles. The molecule has 0 saturated heterocycles. The molecule has 2 heteroatoms. The van der Waals surface area contributed by atoms with Gasteiger partial charge in [-0.15, -0.1) is 0 Å². The van der Waals surface area contributed by atoms with Crippen LogP contribution >= 0.6 is 0 Å². The van der Waals surface area contributed by atoms with Gasteiger partial charge >= 0.3 is 0 Å². The molecule has 0 saturated carbocycles. The Bertz CT molecular complexity index is 643. The molecule has 0 unspecified atom stereocenters. The lowest BCUT2D eigenvalue weighted by molar-refractivity contribution is 0.304. The van der Waals surface area contributed by atoms with Crippen molar-refractivity contribution in [3.63, 3.8) is 0 Å². The average Bonchev–Trinajstić information content (AvgIpc) is 2.71. The smallest absolute Gasteiger partial charge is 0.119 e. The Morgan fingerprint density at radius 3 is 2.11 bits per heavy atom. The minimum atomic E-state index is 0.809. The lowest BCUT2D eigenvalue weighted by Crippen LogP contribution is -1.97. The van der Waals surface area contributed by atoms with E-state index in [0.29, 0.717) is 0 Å². The summed E-state index contributed by atoms with van der Waals surface area (Å²) in [5, 5.41) is 0. The fourth-order valence-electron chi connectivity index (χ4n) is 3.00. The van der Waals surface area contributed by atoms with Crippen LogP contribution in [0.25, 0.3) is 0 Å². The maximum Gasteiger partial charge on any atom is 0.119 e. The second kappa shape index (κ2) is 13.1. The summed E-state index contributed by atoms with van der Waals surface area (Å²) in [4.78, 5) is 4.57. The van der Waals surface area contributed by atoms with Crippen molar-refractivity contribution in [2.45, 2.75) is 71.6 Å². The Kier molecular flexibility index (Phi) is 10.3. The summed E-state index contributed by atoms with van der Waals surface area (Å²) >= 11 is 0. The minimum absolute atomic E-state index is 0.809. The van der Waals surface area contributed by atoms with Crippen molar-refractivity contribution in [1.29, 1.82) is 0 Å². The van der Waals surface area contributed by atoms with Gasteiger partial charge in [0.2, 0.25) is 0 Å². The van der Waals surface area contributed by atoms with Crippen LogP contribution in [0.2, 0.25) is 0 Å². The number of unbranched alkanes of at least 4 members (excludes halogenated alkanes) is 6. The molecule has 0 atom stereocenters. The van der Waals surface area contributed by atoms with Crippen LogP contribution in [-0.4, -0.2) is 12.8 Å². The number of benzene rings is 2. The fraction of sp³-hybridized carbons (Fsp3) is 0.480. The summed E-state index contributed by atoms with van der Waals surface area (Å²) in [5.74, 6) is 0.945. The molecule has 0 aliphatic heterocycles. The number of nitrogens with zero attached hydrogens (tertiary/aromatic N) is 1. The van der Waals surface area contributed by atoms with Gasteiger partial charge in [0.1, 0.15) is 5.75 Å². The van der Waals surface area contributed by atoms with Gasteiger partial charge in [0.05, 0.1) is 12.3 Å². The molecule has 27 heavy (non-hydrogen) atoms. The van der Waals surface area contributed by atoms with Crippen LogP contribution in [-0.2, 0) is 6.42 Å². The van der Waals surface area contributed by atoms with E-state index < -0.39 is 0 Å². The predicted octanol–water partition coefficient (Wildman–Crippen LogP) is 7.52. The van der Waals surface area contributed by atoms with E-state index in [0.717, 1.165) is 36.4 Å². The molecule has 2 aromatic carbocycles. The van der Waals surface area contributed by atoms with Gasteiger partial charge in [0, 0.05) is 6.21 Å². The zero-order valence-corrected chi connectivity index (χ0v) is 17.1. The monoisotopic (exact) mass is 365 g/mol. The molecular formula is C25H35NO. The summed E-state index contributed by atoms with van der Waals surface area (Å²) in [6.45, 7) is 5.29. The van der Waals surface area contributed by atoms with Crippen LogP contribution in [0, 0.1) is 0 Å². The Morgan fingerprint density at radius 2 is 1.41 bits per heavy atom. The second-order valence-electron chi connectivity index (χ2n) is 7.21. The highest BCUT2D eigenvalue weighted by molar-refractivity contribution is 5.82. The number of rotatable bonds is 13. The van der Waals surface area contributed by atoms with E-state index in [2.05, 4.69) is 55.2 Å². The highest BCUT2D eigenvalue weighted by Gasteiger charge is 1.96. The van der Waals surface area contributed by atoms with E-state index in [1.54, 1.807) is 0 Å². The van der Waals surface area contributed by atoms with E-state index >= 15 is 0 Å². The van der Waals surface area contributed by atoms with Crippen LogP contribution < -0.4 is 4.74 Å². The Morgan fingerprint density at radius 1 is 0.741 bits per heavy atom. The molecule has 0 bridgehead atoms. The number of hydrogen-bond acceptors (Lipinski definition) is 2. The normalized spacial score (nSPS) is 11.2. The van der Waals surface area contributed by atoms with Crippen molar-refractivity contribution in [1.82, 2.24) is 0 Å². The number of ether oxygens (including phenoxy) is 1.